The maximum Gasteiger partial charge on any atom is 0.363 e. The first-order chi connectivity index (χ1) is 14.1. The number of benzene rings is 3. The van der Waals surface area contributed by atoms with Crippen LogP contribution in [-0.2, 0) is 16.1 Å². The van der Waals surface area contributed by atoms with Crippen molar-refractivity contribution in [3.05, 3.63) is 107 Å². The van der Waals surface area contributed by atoms with Gasteiger partial charge in [0.2, 0.25) is 5.90 Å². The zero-order valence-corrected chi connectivity index (χ0v) is 15.1. The van der Waals surface area contributed by atoms with Gasteiger partial charge in [-0.15, -0.1) is 0 Å². The highest BCUT2D eigenvalue weighted by Crippen LogP contribution is 2.22. The van der Waals surface area contributed by atoms with Crippen LogP contribution in [-0.4, -0.2) is 11.9 Å². The van der Waals surface area contributed by atoms with Gasteiger partial charge in [0.05, 0.1) is 5.56 Å². The Morgan fingerprint density at radius 2 is 1.76 bits per heavy atom. The van der Waals surface area contributed by atoms with Crippen LogP contribution in [0.15, 0.2) is 83.5 Å². The van der Waals surface area contributed by atoms with E-state index in [2.05, 4.69) is 4.99 Å². The molecule has 4 rings (SSSR count). The zero-order valence-electron chi connectivity index (χ0n) is 15.1. The van der Waals surface area contributed by atoms with E-state index < -0.39 is 11.8 Å². The lowest BCUT2D eigenvalue weighted by molar-refractivity contribution is -0.129. The summed E-state index contributed by atoms with van der Waals surface area (Å²) < 4.78 is 37.8. The Kier molecular flexibility index (Phi) is 5.16. The molecule has 4 nitrogen and oxygen atoms in total. The molecule has 0 fully saturated rings. The number of rotatable bonds is 5. The molecule has 0 spiro atoms. The van der Waals surface area contributed by atoms with Crippen LogP contribution in [0.5, 0.6) is 5.75 Å². The summed E-state index contributed by atoms with van der Waals surface area (Å²) in [7, 11) is 0. The van der Waals surface area contributed by atoms with Crippen molar-refractivity contribution in [1.82, 2.24) is 0 Å². The van der Waals surface area contributed by atoms with E-state index in [-0.39, 0.29) is 29.6 Å². The summed E-state index contributed by atoms with van der Waals surface area (Å²) in [5, 5.41) is 0. The summed E-state index contributed by atoms with van der Waals surface area (Å²) in [5.41, 5.74) is 1.63. The molecular formula is C23H15F2NO3. The van der Waals surface area contributed by atoms with E-state index in [1.807, 2.05) is 0 Å². The highest BCUT2D eigenvalue weighted by Gasteiger charge is 2.25. The first-order valence-electron chi connectivity index (χ1n) is 8.83. The highest BCUT2D eigenvalue weighted by atomic mass is 19.1. The number of carbonyl (C=O) groups excluding carboxylic acids is 1. The Balaban J connectivity index is 1.47. The summed E-state index contributed by atoms with van der Waals surface area (Å²) in [6.07, 6.45) is 1.55. The molecule has 0 aliphatic carbocycles. The van der Waals surface area contributed by atoms with E-state index in [9.17, 15) is 13.6 Å². The molecule has 0 N–H and O–H groups in total. The number of hydrogen-bond donors (Lipinski definition) is 0. The molecule has 0 atom stereocenters. The zero-order chi connectivity index (χ0) is 20.2. The molecule has 1 aliphatic heterocycles. The number of cyclic esters (lactones) is 1. The fraction of sp³-hybridized carbons (Fsp3) is 0.0435. The standard InChI is InChI=1S/C23H15F2NO3/c24-17-5-3-4-16(12-17)14-28-18-10-8-15(9-11-18)13-21-23(27)29-22(26-21)19-6-1-2-7-20(19)25/h1-13H,14H2/b21-13-. The lowest BCUT2D eigenvalue weighted by atomic mass is 10.2. The van der Waals surface area contributed by atoms with Crippen molar-refractivity contribution in [2.24, 2.45) is 4.99 Å². The number of halogens is 2. The van der Waals surface area contributed by atoms with Crippen LogP contribution in [0.4, 0.5) is 8.78 Å². The monoisotopic (exact) mass is 391 g/mol. The molecule has 1 heterocycles. The second kappa shape index (κ2) is 8.06. The third kappa shape index (κ3) is 4.38. The molecule has 0 unspecified atom stereocenters. The fourth-order valence-electron chi connectivity index (χ4n) is 2.77. The van der Waals surface area contributed by atoms with E-state index >= 15 is 0 Å². The lowest BCUT2D eigenvalue weighted by Gasteiger charge is -2.06. The van der Waals surface area contributed by atoms with E-state index in [4.69, 9.17) is 9.47 Å². The van der Waals surface area contributed by atoms with Gasteiger partial charge in [-0.25, -0.2) is 18.6 Å². The normalized spacial score (nSPS) is 14.6. The fourth-order valence-corrected chi connectivity index (χ4v) is 2.77. The third-order valence-corrected chi connectivity index (χ3v) is 4.20. The number of hydrogen-bond acceptors (Lipinski definition) is 4. The first kappa shape index (κ1) is 18.6. The molecule has 3 aromatic rings. The van der Waals surface area contributed by atoms with Gasteiger partial charge in [0.25, 0.3) is 0 Å². The summed E-state index contributed by atoms with van der Waals surface area (Å²) in [6.45, 7) is 0.237. The van der Waals surface area contributed by atoms with E-state index in [1.54, 1.807) is 54.6 Å². The van der Waals surface area contributed by atoms with Crippen molar-refractivity contribution in [3.63, 3.8) is 0 Å². The molecule has 0 saturated heterocycles. The molecule has 0 amide bonds. The Hall–Kier alpha value is -3.80. The summed E-state index contributed by atoms with van der Waals surface area (Å²) in [5.74, 6) is -0.933. The largest absolute Gasteiger partial charge is 0.489 e. The second-order valence-electron chi connectivity index (χ2n) is 6.30. The van der Waals surface area contributed by atoms with Crippen molar-refractivity contribution in [2.75, 3.05) is 0 Å². The van der Waals surface area contributed by atoms with Gasteiger partial charge in [-0.05, 0) is 53.6 Å². The van der Waals surface area contributed by atoms with Gasteiger partial charge in [0.1, 0.15) is 24.0 Å². The Labute approximate surface area is 165 Å². The molecule has 3 aromatic carbocycles. The van der Waals surface area contributed by atoms with Gasteiger partial charge < -0.3 is 9.47 Å². The van der Waals surface area contributed by atoms with Crippen LogP contribution in [0.1, 0.15) is 16.7 Å². The van der Waals surface area contributed by atoms with E-state index in [0.29, 0.717) is 11.3 Å². The van der Waals surface area contributed by atoms with E-state index in [0.717, 1.165) is 5.56 Å². The number of ether oxygens (including phenoxy) is 2. The maximum atomic E-state index is 13.9. The molecule has 6 heteroatoms. The van der Waals surface area contributed by atoms with Gasteiger partial charge in [-0.3, -0.25) is 0 Å². The molecule has 0 bridgehead atoms. The minimum atomic E-state index is -0.644. The number of aliphatic imine (C=N–C) groups is 1. The van der Waals surface area contributed by atoms with Crippen molar-refractivity contribution in [2.45, 2.75) is 6.61 Å². The SMILES string of the molecule is O=C1OC(c2ccccc2F)=N/C1=C\c1ccc(OCc2cccc(F)c2)cc1. The number of esters is 1. The minimum Gasteiger partial charge on any atom is -0.489 e. The predicted octanol–water partition coefficient (Wildman–Crippen LogP) is 4.89. The van der Waals surface area contributed by atoms with Crippen LogP contribution >= 0.6 is 0 Å². The lowest BCUT2D eigenvalue weighted by Crippen LogP contribution is -2.07. The Morgan fingerprint density at radius 3 is 2.52 bits per heavy atom. The minimum absolute atomic E-state index is 0.0607. The van der Waals surface area contributed by atoms with Crippen molar-refractivity contribution in [1.29, 1.82) is 0 Å². The van der Waals surface area contributed by atoms with Crippen LogP contribution in [0, 0.1) is 11.6 Å². The van der Waals surface area contributed by atoms with Crippen molar-refractivity contribution >= 4 is 17.9 Å². The average Bonchev–Trinajstić information content (AvgIpc) is 3.08. The number of nitrogens with zero attached hydrogens (tertiary/aromatic N) is 1. The molecular weight excluding hydrogens is 376 g/mol. The maximum absolute atomic E-state index is 13.9. The second-order valence-corrected chi connectivity index (χ2v) is 6.30. The van der Waals surface area contributed by atoms with Crippen LogP contribution < -0.4 is 4.74 Å². The molecule has 144 valence electrons. The van der Waals surface area contributed by atoms with Crippen LogP contribution in [0.25, 0.3) is 6.08 Å². The smallest absolute Gasteiger partial charge is 0.363 e. The molecule has 0 aromatic heterocycles. The molecule has 1 aliphatic rings. The molecule has 29 heavy (non-hydrogen) atoms. The van der Waals surface area contributed by atoms with Gasteiger partial charge in [0.15, 0.2) is 5.70 Å². The summed E-state index contributed by atoms with van der Waals surface area (Å²) >= 11 is 0. The summed E-state index contributed by atoms with van der Waals surface area (Å²) in [4.78, 5) is 16.1. The van der Waals surface area contributed by atoms with E-state index in [1.165, 1.54) is 24.3 Å². The topological polar surface area (TPSA) is 47.9 Å². The van der Waals surface area contributed by atoms with Crippen molar-refractivity contribution in [3.8, 4) is 5.75 Å². The first-order valence-corrected chi connectivity index (χ1v) is 8.83. The van der Waals surface area contributed by atoms with Gasteiger partial charge >= 0.3 is 5.97 Å². The predicted molar refractivity (Wildman–Crippen MR) is 104 cm³/mol. The van der Waals surface area contributed by atoms with Gasteiger partial charge in [-0.2, -0.15) is 0 Å². The van der Waals surface area contributed by atoms with Gasteiger partial charge in [0, 0.05) is 0 Å². The van der Waals surface area contributed by atoms with Crippen molar-refractivity contribution < 1.29 is 23.0 Å². The van der Waals surface area contributed by atoms with Gasteiger partial charge in [-0.1, -0.05) is 36.4 Å². The Morgan fingerprint density at radius 1 is 0.966 bits per heavy atom. The summed E-state index contributed by atoms with van der Waals surface area (Å²) in [6, 6.07) is 19.1. The molecule has 0 radical (unpaired) electrons. The Bertz CT molecular complexity index is 1120. The average molecular weight is 391 g/mol. The van der Waals surface area contributed by atoms with Crippen LogP contribution in [0.3, 0.4) is 0 Å². The molecule has 0 saturated carbocycles. The van der Waals surface area contributed by atoms with Crippen LogP contribution in [0.2, 0.25) is 0 Å². The highest BCUT2D eigenvalue weighted by molar-refractivity contribution is 6.12. The third-order valence-electron chi connectivity index (χ3n) is 4.20. The quantitative estimate of drug-likeness (QED) is 0.460. The number of carbonyl (C=O) groups is 1.